The van der Waals surface area contributed by atoms with Gasteiger partial charge in [0.2, 0.25) is 5.82 Å². The summed E-state index contributed by atoms with van der Waals surface area (Å²) in [6, 6.07) is 0.123. The Hall–Kier alpha value is -1.91. The second kappa shape index (κ2) is 5.16. The van der Waals surface area contributed by atoms with Crippen LogP contribution in [0.2, 0.25) is 0 Å². The molecule has 0 unspecified atom stereocenters. The largest absolute Gasteiger partial charge is 0.308 e. The van der Waals surface area contributed by atoms with Crippen molar-refractivity contribution >= 4 is 0 Å². The molecule has 0 amide bonds. The molecule has 2 heterocycles. The molecule has 18 heavy (non-hydrogen) atoms. The summed E-state index contributed by atoms with van der Waals surface area (Å²) in [7, 11) is 0. The molecule has 0 fully saturated rings. The van der Waals surface area contributed by atoms with E-state index in [0.717, 1.165) is 18.7 Å². The highest BCUT2D eigenvalue weighted by atomic mass is 16.1. The average Bonchev–Trinajstić information content (AvgIpc) is 2.77. The Kier molecular flexibility index (Phi) is 3.60. The Bertz CT molecular complexity index is 583. The topological polar surface area (TPSA) is 52.7 Å². The van der Waals surface area contributed by atoms with Gasteiger partial charge in [0, 0.05) is 37.3 Å². The first-order valence-corrected chi connectivity index (χ1v) is 6.25. The molecule has 2 rings (SSSR count). The van der Waals surface area contributed by atoms with Crippen molar-refractivity contribution in [1.82, 2.24) is 19.1 Å². The molecule has 0 saturated heterocycles. The molecule has 0 spiro atoms. The van der Waals surface area contributed by atoms with Gasteiger partial charge in [-0.3, -0.25) is 9.36 Å². The summed E-state index contributed by atoms with van der Waals surface area (Å²) in [6.07, 6.45) is 8.70. The van der Waals surface area contributed by atoms with Crippen molar-refractivity contribution in [3.63, 3.8) is 0 Å². The molecule has 5 heteroatoms. The highest BCUT2D eigenvalue weighted by Gasteiger charge is 2.12. The van der Waals surface area contributed by atoms with E-state index in [2.05, 4.69) is 16.9 Å². The molecule has 0 saturated carbocycles. The molecule has 0 bridgehead atoms. The van der Waals surface area contributed by atoms with Gasteiger partial charge in [0.05, 0.1) is 0 Å². The summed E-state index contributed by atoms with van der Waals surface area (Å²) in [5, 5.41) is 0. The van der Waals surface area contributed by atoms with Crippen molar-refractivity contribution < 1.29 is 0 Å². The van der Waals surface area contributed by atoms with Crippen molar-refractivity contribution in [1.29, 1.82) is 0 Å². The van der Waals surface area contributed by atoms with Gasteiger partial charge < -0.3 is 4.57 Å². The average molecular weight is 246 g/mol. The van der Waals surface area contributed by atoms with Crippen molar-refractivity contribution in [2.75, 3.05) is 0 Å². The lowest BCUT2D eigenvalue weighted by Gasteiger charge is -2.12. The van der Waals surface area contributed by atoms with E-state index >= 15 is 0 Å². The Morgan fingerprint density at radius 3 is 2.61 bits per heavy atom. The quantitative estimate of drug-likeness (QED) is 0.828. The second-order valence-corrected chi connectivity index (χ2v) is 4.52. The summed E-state index contributed by atoms with van der Waals surface area (Å²) in [5.74, 6) is 1.30. The molecule has 2 aromatic rings. The monoisotopic (exact) mass is 246 g/mol. The maximum atomic E-state index is 12.3. The normalized spacial score (nSPS) is 11.1. The SMILES string of the molecule is CCCc1nccn1-c1nccn(C(C)C)c1=O. The zero-order chi connectivity index (χ0) is 13.1. The Morgan fingerprint density at radius 2 is 1.94 bits per heavy atom. The summed E-state index contributed by atoms with van der Waals surface area (Å²) >= 11 is 0. The lowest BCUT2D eigenvalue weighted by molar-refractivity contribution is 0.569. The number of aromatic nitrogens is 4. The molecular weight excluding hydrogens is 228 g/mol. The van der Waals surface area contributed by atoms with Crippen LogP contribution in [-0.2, 0) is 6.42 Å². The van der Waals surface area contributed by atoms with E-state index in [9.17, 15) is 4.79 Å². The van der Waals surface area contributed by atoms with E-state index in [0.29, 0.717) is 5.82 Å². The van der Waals surface area contributed by atoms with Gasteiger partial charge in [-0.05, 0) is 20.3 Å². The Morgan fingerprint density at radius 1 is 1.22 bits per heavy atom. The molecule has 0 aromatic carbocycles. The van der Waals surface area contributed by atoms with E-state index in [1.165, 1.54) is 0 Å². The van der Waals surface area contributed by atoms with Gasteiger partial charge in [0.1, 0.15) is 5.82 Å². The Labute approximate surface area is 106 Å². The fraction of sp³-hybridized carbons (Fsp3) is 0.462. The minimum atomic E-state index is -0.0807. The first kappa shape index (κ1) is 12.5. The first-order valence-electron chi connectivity index (χ1n) is 6.25. The molecule has 0 radical (unpaired) electrons. The van der Waals surface area contributed by atoms with Crippen molar-refractivity contribution in [2.24, 2.45) is 0 Å². The molecule has 0 aliphatic carbocycles. The van der Waals surface area contributed by atoms with Crippen LogP contribution in [0.1, 0.15) is 39.1 Å². The minimum absolute atomic E-state index is 0.0807. The fourth-order valence-electron chi connectivity index (χ4n) is 1.92. The molecular formula is C13H18N4O. The number of hydrogen-bond acceptors (Lipinski definition) is 3. The lowest BCUT2D eigenvalue weighted by atomic mass is 10.3. The van der Waals surface area contributed by atoms with Crippen LogP contribution in [0.4, 0.5) is 0 Å². The van der Waals surface area contributed by atoms with E-state index in [1.54, 1.807) is 33.9 Å². The first-order chi connectivity index (χ1) is 8.65. The highest BCUT2D eigenvalue weighted by molar-refractivity contribution is 5.21. The third-order valence-electron chi connectivity index (χ3n) is 2.83. The van der Waals surface area contributed by atoms with Gasteiger partial charge in [-0.25, -0.2) is 9.97 Å². The number of nitrogens with zero attached hydrogens (tertiary/aromatic N) is 4. The van der Waals surface area contributed by atoms with Crippen LogP contribution in [0.15, 0.2) is 29.6 Å². The van der Waals surface area contributed by atoms with Crippen LogP contribution < -0.4 is 5.56 Å². The van der Waals surface area contributed by atoms with Crippen molar-refractivity contribution in [3.05, 3.63) is 41.0 Å². The van der Waals surface area contributed by atoms with Crippen LogP contribution >= 0.6 is 0 Å². The molecule has 2 aromatic heterocycles. The Balaban J connectivity index is 2.54. The van der Waals surface area contributed by atoms with Gasteiger partial charge in [-0.2, -0.15) is 0 Å². The zero-order valence-corrected chi connectivity index (χ0v) is 11.0. The summed E-state index contributed by atoms with van der Waals surface area (Å²) in [5.41, 5.74) is -0.0807. The van der Waals surface area contributed by atoms with E-state index in [-0.39, 0.29) is 11.6 Å². The lowest BCUT2D eigenvalue weighted by Crippen LogP contribution is -2.27. The van der Waals surface area contributed by atoms with Crippen LogP contribution in [0, 0.1) is 0 Å². The summed E-state index contributed by atoms with van der Waals surface area (Å²) in [4.78, 5) is 20.8. The zero-order valence-electron chi connectivity index (χ0n) is 11.0. The van der Waals surface area contributed by atoms with Gasteiger partial charge in [-0.1, -0.05) is 6.92 Å². The molecule has 0 N–H and O–H groups in total. The third-order valence-corrected chi connectivity index (χ3v) is 2.83. The highest BCUT2D eigenvalue weighted by Crippen LogP contribution is 2.07. The molecule has 0 aliphatic heterocycles. The molecule has 5 nitrogen and oxygen atoms in total. The maximum Gasteiger partial charge on any atom is 0.294 e. The van der Waals surface area contributed by atoms with Gasteiger partial charge in [-0.15, -0.1) is 0 Å². The molecule has 0 atom stereocenters. The number of imidazole rings is 1. The number of aryl methyl sites for hydroxylation is 1. The van der Waals surface area contributed by atoms with Gasteiger partial charge in [0.15, 0.2) is 0 Å². The third kappa shape index (κ3) is 2.20. The van der Waals surface area contributed by atoms with E-state index < -0.39 is 0 Å². The fourth-order valence-corrected chi connectivity index (χ4v) is 1.92. The van der Waals surface area contributed by atoms with Gasteiger partial charge in [0.25, 0.3) is 5.56 Å². The van der Waals surface area contributed by atoms with Crippen LogP contribution in [0.3, 0.4) is 0 Å². The molecule has 0 aliphatic rings. The second-order valence-electron chi connectivity index (χ2n) is 4.52. The standard InChI is InChI=1S/C13H18N4O/c1-4-5-11-14-6-9-17(11)12-13(18)16(10(2)3)8-7-15-12/h6-10H,4-5H2,1-3H3. The van der Waals surface area contributed by atoms with E-state index in [4.69, 9.17) is 0 Å². The van der Waals surface area contributed by atoms with Crippen molar-refractivity contribution in [2.45, 2.75) is 39.7 Å². The summed E-state index contributed by atoms with van der Waals surface area (Å²) < 4.78 is 3.46. The predicted molar refractivity (Wildman–Crippen MR) is 70.0 cm³/mol. The van der Waals surface area contributed by atoms with Crippen molar-refractivity contribution in [3.8, 4) is 5.82 Å². The van der Waals surface area contributed by atoms with Gasteiger partial charge >= 0.3 is 0 Å². The molecule has 96 valence electrons. The maximum absolute atomic E-state index is 12.3. The number of hydrogen-bond donors (Lipinski definition) is 0. The number of rotatable bonds is 4. The van der Waals surface area contributed by atoms with Crippen LogP contribution in [-0.4, -0.2) is 19.1 Å². The summed E-state index contributed by atoms with van der Waals surface area (Å²) in [6.45, 7) is 6.04. The minimum Gasteiger partial charge on any atom is -0.308 e. The van der Waals surface area contributed by atoms with Crippen LogP contribution in [0.5, 0.6) is 0 Å². The predicted octanol–water partition coefficient (Wildman–Crippen LogP) is 1.96. The van der Waals surface area contributed by atoms with Crippen LogP contribution in [0.25, 0.3) is 5.82 Å². The van der Waals surface area contributed by atoms with E-state index in [1.807, 2.05) is 13.8 Å². The smallest absolute Gasteiger partial charge is 0.294 e.